The van der Waals surface area contributed by atoms with Crippen LogP contribution in [0.4, 0.5) is 0 Å². The van der Waals surface area contributed by atoms with Gasteiger partial charge in [-0.25, -0.2) is 0 Å². The van der Waals surface area contributed by atoms with Crippen molar-refractivity contribution in [3.8, 4) is 0 Å². The zero-order valence-corrected chi connectivity index (χ0v) is 35.6. The summed E-state index contributed by atoms with van der Waals surface area (Å²) in [6, 6.07) is 0.591. The Bertz CT molecular complexity index is 490. The van der Waals surface area contributed by atoms with E-state index in [0.717, 1.165) is 51.5 Å². The molecule has 49 heavy (non-hydrogen) atoms. The van der Waals surface area contributed by atoms with E-state index in [2.05, 4.69) is 79.0 Å². The summed E-state index contributed by atoms with van der Waals surface area (Å²) >= 11 is 0. The minimum absolute atomic E-state index is 0. The molecule has 0 heterocycles. The van der Waals surface area contributed by atoms with E-state index in [1.54, 1.807) is 14.2 Å². The van der Waals surface area contributed by atoms with E-state index in [9.17, 15) is 4.79 Å². The summed E-state index contributed by atoms with van der Waals surface area (Å²) in [6.07, 6.45) is 31.4. The van der Waals surface area contributed by atoms with Crippen LogP contribution in [-0.2, 0) is 14.3 Å². The molecule has 0 aliphatic heterocycles. The highest BCUT2D eigenvalue weighted by atomic mass is 16.5. The van der Waals surface area contributed by atoms with E-state index in [0.29, 0.717) is 12.5 Å². The van der Waals surface area contributed by atoms with Crippen molar-refractivity contribution in [2.45, 2.75) is 249 Å². The lowest BCUT2D eigenvalue weighted by Crippen LogP contribution is -2.32. The molecule has 0 aromatic rings. The average molecular weight is 706 g/mol. The van der Waals surface area contributed by atoms with E-state index in [4.69, 9.17) is 9.84 Å². The Morgan fingerprint density at radius 1 is 0.633 bits per heavy atom. The second kappa shape index (κ2) is 59.5. The van der Waals surface area contributed by atoms with Gasteiger partial charge in [0.05, 0.1) is 0 Å². The number of methoxy groups -OCH3 is 1. The van der Waals surface area contributed by atoms with Crippen LogP contribution in [0.2, 0.25) is 0 Å². The summed E-state index contributed by atoms with van der Waals surface area (Å²) < 4.78 is 10.2. The van der Waals surface area contributed by atoms with Crippen molar-refractivity contribution in [1.29, 1.82) is 0 Å². The van der Waals surface area contributed by atoms with Gasteiger partial charge in [-0.05, 0) is 71.4 Å². The van der Waals surface area contributed by atoms with Crippen molar-refractivity contribution in [3.63, 3.8) is 0 Å². The number of aliphatic hydroxyl groups excluding tert-OH is 1. The number of carbonyl (C=O) groups is 1. The minimum atomic E-state index is 0. The van der Waals surface area contributed by atoms with Gasteiger partial charge in [-0.1, -0.05) is 172 Å². The van der Waals surface area contributed by atoms with Gasteiger partial charge < -0.3 is 19.5 Å². The summed E-state index contributed by atoms with van der Waals surface area (Å²) in [5.74, 6) is 0.0289. The lowest BCUT2D eigenvalue weighted by molar-refractivity contribution is -0.150. The summed E-state index contributed by atoms with van der Waals surface area (Å²) in [5, 5.41) is 9.01. The molecule has 1 rings (SSSR count). The van der Waals surface area contributed by atoms with Crippen LogP contribution in [0, 0.1) is 0 Å². The fraction of sp³-hybridized carbons (Fsp3) is 0.977. The van der Waals surface area contributed by atoms with E-state index in [-0.39, 0.29) is 26.1 Å². The Hall–Kier alpha value is -0.650. The quantitative estimate of drug-likeness (QED) is 0.153. The largest absolute Gasteiger partial charge is 0.462 e. The van der Waals surface area contributed by atoms with Gasteiger partial charge in [-0.3, -0.25) is 4.79 Å². The summed E-state index contributed by atoms with van der Waals surface area (Å²) in [5.41, 5.74) is 0. The topological polar surface area (TPSA) is 59.0 Å². The van der Waals surface area contributed by atoms with Crippen LogP contribution in [0.25, 0.3) is 0 Å². The van der Waals surface area contributed by atoms with Gasteiger partial charge in [-0.2, -0.15) is 0 Å². The predicted octanol–water partition coefficient (Wildman–Crippen LogP) is 14.4. The van der Waals surface area contributed by atoms with E-state index in [1.807, 2.05) is 0 Å². The first-order valence-corrected chi connectivity index (χ1v) is 21.1. The molecule has 5 heteroatoms. The number of hydrogen-bond donors (Lipinski definition) is 1. The van der Waals surface area contributed by atoms with Crippen LogP contribution in [0.15, 0.2) is 0 Å². The third-order valence-electron chi connectivity index (χ3n) is 7.43. The highest BCUT2D eigenvalue weighted by Crippen LogP contribution is 2.20. The highest BCUT2D eigenvalue weighted by molar-refractivity contribution is 5.69. The van der Waals surface area contributed by atoms with E-state index in [1.165, 1.54) is 116 Å². The Balaban J connectivity index is -0.000000245. The Morgan fingerprint density at radius 3 is 1.35 bits per heavy atom. The van der Waals surface area contributed by atoms with Crippen LogP contribution in [0.3, 0.4) is 0 Å². The molecule has 1 saturated carbocycles. The van der Waals surface area contributed by atoms with Crippen molar-refractivity contribution in [3.05, 3.63) is 0 Å². The third kappa shape index (κ3) is 62.9. The van der Waals surface area contributed by atoms with Crippen molar-refractivity contribution >= 4 is 5.97 Å². The third-order valence-corrected chi connectivity index (χ3v) is 7.43. The van der Waals surface area contributed by atoms with Crippen LogP contribution in [0.1, 0.15) is 237 Å². The number of carbonyl (C=O) groups excluding carboxylic acids is 1. The maximum Gasteiger partial charge on any atom is 0.306 e. The smallest absolute Gasteiger partial charge is 0.306 e. The maximum atomic E-state index is 12.6. The van der Waals surface area contributed by atoms with Gasteiger partial charge in [0.15, 0.2) is 0 Å². The molecule has 0 radical (unpaired) electrons. The van der Waals surface area contributed by atoms with E-state index < -0.39 is 0 Å². The number of aliphatic hydroxyl groups is 1. The number of unbranched alkanes of at least 4 members (excludes halogenated alkanes) is 2. The van der Waals surface area contributed by atoms with E-state index >= 15 is 0 Å². The monoisotopic (exact) mass is 706 g/mol. The zero-order chi connectivity index (χ0) is 37.5. The van der Waals surface area contributed by atoms with Gasteiger partial charge in [0.1, 0.15) is 6.10 Å². The number of nitrogens with zero attached hydrogens (tertiary/aromatic N) is 1. The number of rotatable bonds is 13. The Morgan fingerprint density at radius 2 is 1.00 bits per heavy atom. The second-order valence-corrected chi connectivity index (χ2v) is 13.8. The zero-order valence-electron chi connectivity index (χ0n) is 35.6. The molecule has 1 fully saturated rings. The van der Waals surface area contributed by atoms with Gasteiger partial charge in [-0.15, -0.1) is 0 Å². The van der Waals surface area contributed by atoms with Gasteiger partial charge >= 0.3 is 5.97 Å². The molecule has 1 aliphatic carbocycles. The fourth-order valence-corrected chi connectivity index (χ4v) is 5.24. The van der Waals surface area contributed by atoms with Crippen LogP contribution >= 0.6 is 0 Å². The van der Waals surface area contributed by atoms with Crippen LogP contribution < -0.4 is 0 Å². The molecule has 0 saturated heterocycles. The molecule has 1 atom stereocenters. The highest BCUT2D eigenvalue weighted by Gasteiger charge is 2.16. The normalized spacial score (nSPS) is 14.7. The predicted molar refractivity (Wildman–Crippen MR) is 224 cm³/mol. The fourth-order valence-electron chi connectivity index (χ4n) is 5.24. The molecule has 0 bridgehead atoms. The number of ether oxygens (including phenoxy) is 2. The van der Waals surface area contributed by atoms with Crippen molar-refractivity contribution in [2.24, 2.45) is 0 Å². The van der Waals surface area contributed by atoms with Crippen molar-refractivity contribution in [2.75, 3.05) is 34.4 Å². The second-order valence-electron chi connectivity index (χ2n) is 13.8. The molecule has 0 aromatic heterocycles. The molecule has 1 unspecified atom stereocenters. The molecule has 0 spiro atoms. The van der Waals surface area contributed by atoms with Gasteiger partial charge in [0.25, 0.3) is 0 Å². The van der Waals surface area contributed by atoms with Gasteiger partial charge in [0, 0.05) is 33.3 Å². The Kier molecular flexibility index (Phi) is 73.4. The average Bonchev–Trinajstić information content (AvgIpc) is 3.05. The molecule has 1 aliphatic rings. The van der Waals surface area contributed by atoms with Crippen LogP contribution in [-0.4, -0.2) is 62.5 Å². The lowest BCUT2D eigenvalue weighted by atomic mass is 10.0. The van der Waals surface area contributed by atoms with Crippen molar-refractivity contribution in [1.82, 2.24) is 4.90 Å². The molecule has 0 amide bonds. The first-order valence-electron chi connectivity index (χ1n) is 21.1. The molecular formula is C44H99NO4. The first-order chi connectivity index (χ1) is 23.2. The summed E-state index contributed by atoms with van der Waals surface area (Å²) in [7, 11) is 5.46. The molecule has 1 N–H and O–H groups in total. The Labute approximate surface area is 312 Å². The van der Waals surface area contributed by atoms with Crippen molar-refractivity contribution < 1.29 is 19.4 Å². The van der Waals surface area contributed by atoms with Crippen LogP contribution in [0.5, 0.6) is 0 Å². The molecule has 304 valence electrons. The standard InChI is InChI=1S/C29H57NO3.4C3H8.C2H6O.CH4/c1-3-20-27(30(2)25-18-19-26-31)21-16-17-24-29(32)33-28-22-14-12-10-8-6-4-5-7-9-11-13-15-23-28;5*1-3-2;/h27-28,31H,3-26H2,1-2H3;4*3H2,1-2H3;1-2H3;1H4. The lowest BCUT2D eigenvalue weighted by Gasteiger charge is -2.28. The number of esters is 1. The summed E-state index contributed by atoms with van der Waals surface area (Å²) in [4.78, 5) is 15.0. The summed E-state index contributed by atoms with van der Waals surface area (Å²) in [6.45, 7) is 20.6. The number of hydrogen-bond acceptors (Lipinski definition) is 5. The molecule has 0 aromatic carbocycles. The minimum Gasteiger partial charge on any atom is -0.462 e. The molecule has 5 nitrogen and oxygen atoms in total. The SMILES string of the molecule is C.CCC.CCC.CCC.CCC.CCCC(CCCCC(=O)OC1CCCCCCCCCCCCCC1)N(C)CCCCO.COC. The molecular weight excluding hydrogens is 606 g/mol. The maximum absolute atomic E-state index is 12.6. The van der Waals surface area contributed by atoms with Gasteiger partial charge in [0.2, 0.25) is 0 Å². The first kappa shape index (κ1) is 60.4.